The van der Waals surface area contributed by atoms with Gasteiger partial charge >= 0.3 is 0 Å². The zero-order valence-corrected chi connectivity index (χ0v) is 8.51. The molecule has 14 heavy (non-hydrogen) atoms. The van der Waals surface area contributed by atoms with Crippen LogP contribution in [0.1, 0.15) is 25.7 Å². The van der Waals surface area contributed by atoms with Gasteiger partial charge in [-0.05, 0) is 44.7 Å². The monoisotopic (exact) mass is 194 g/mol. The molecule has 1 aliphatic carbocycles. The van der Waals surface area contributed by atoms with Crippen molar-refractivity contribution in [3.8, 4) is 0 Å². The minimum Gasteiger partial charge on any atom is -0.352 e. The number of amides is 1. The molecule has 0 spiro atoms. The summed E-state index contributed by atoms with van der Waals surface area (Å²) in [6.45, 7) is 2.91. The normalized spacial score (nSPS) is 21.9. The van der Waals surface area contributed by atoms with Crippen LogP contribution in [0.15, 0.2) is 11.6 Å². The summed E-state index contributed by atoms with van der Waals surface area (Å²) < 4.78 is 0. The van der Waals surface area contributed by atoms with E-state index in [4.69, 9.17) is 0 Å². The number of carbonyl (C=O) groups excluding carboxylic acids is 1. The van der Waals surface area contributed by atoms with Crippen molar-refractivity contribution in [2.75, 3.05) is 19.6 Å². The molecule has 0 radical (unpaired) electrons. The molecular formula is C11H18N2O. The molecule has 2 aliphatic rings. The van der Waals surface area contributed by atoms with E-state index in [2.05, 4.69) is 10.6 Å². The van der Waals surface area contributed by atoms with Gasteiger partial charge in [0.15, 0.2) is 0 Å². The van der Waals surface area contributed by atoms with Gasteiger partial charge in [0.25, 0.3) is 0 Å². The summed E-state index contributed by atoms with van der Waals surface area (Å²) in [5.41, 5.74) is 1.29. The third kappa shape index (κ3) is 3.14. The minimum absolute atomic E-state index is 0.105. The van der Waals surface area contributed by atoms with E-state index in [0.29, 0.717) is 0 Å². The molecule has 0 atom stereocenters. The van der Waals surface area contributed by atoms with Crippen molar-refractivity contribution in [2.24, 2.45) is 5.92 Å². The molecule has 0 aromatic heterocycles. The van der Waals surface area contributed by atoms with E-state index in [-0.39, 0.29) is 5.91 Å². The molecule has 2 fully saturated rings. The topological polar surface area (TPSA) is 41.1 Å². The van der Waals surface area contributed by atoms with Crippen LogP contribution in [-0.4, -0.2) is 25.5 Å². The molecule has 3 nitrogen and oxygen atoms in total. The maximum atomic E-state index is 11.4. The third-order valence-corrected chi connectivity index (χ3v) is 2.84. The lowest BCUT2D eigenvalue weighted by molar-refractivity contribution is -0.116. The molecule has 0 aromatic rings. The lowest BCUT2D eigenvalue weighted by Crippen LogP contribution is -2.27. The van der Waals surface area contributed by atoms with Crippen molar-refractivity contribution >= 4 is 5.91 Å². The molecule has 1 saturated carbocycles. The van der Waals surface area contributed by atoms with Gasteiger partial charge in [-0.3, -0.25) is 4.79 Å². The van der Waals surface area contributed by atoms with Crippen molar-refractivity contribution in [2.45, 2.75) is 25.7 Å². The van der Waals surface area contributed by atoms with Crippen LogP contribution in [0.2, 0.25) is 0 Å². The Morgan fingerprint density at radius 3 is 2.79 bits per heavy atom. The highest BCUT2D eigenvalue weighted by atomic mass is 16.1. The third-order valence-electron chi connectivity index (χ3n) is 2.84. The Labute approximate surface area is 84.9 Å². The first kappa shape index (κ1) is 9.71. The van der Waals surface area contributed by atoms with Crippen molar-refractivity contribution in [3.05, 3.63) is 11.6 Å². The highest BCUT2D eigenvalue weighted by Gasteiger charge is 2.21. The lowest BCUT2D eigenvalue weighted by atomic mass is 10.1. The van der Waals surface area contributed by atoms with Gasteiger partial charge in [0.05, 0.1) is 0 Å². The van der Waals surface area contributed by atoms with E-state index in [1.165, 1.54) is 18.4 Å². The second kappa shape index (κ2) is 4.60. The van der Waals surface area contributed by atoms with Crippen LogP contribution < -0.4 is 10.6 Å². The van der Waals surface area contributed by atoms with Crippen molar-refractivity contribution in [3.63, 3.8) is 0 Å². The Morgan fingerprint density at radius 2 is 2.14 bits per heavy atom. The number of nitrogens with one attached hydrogen (secondary N) is 2. The predicted octanol–water partition coefficient (Wildman–Crippen LogP) is 0.822. The molecule has 78 valence electrons. The van der Waals surface area contributed by atoms with Crippen LogP contribution in [0.3, 0.4) is 0 Å². The summed E-state index contributed by atoms with van der Waals surface area (Å²) in [6.07, 6.45) is 6.43. The Hall–Kier alpha value is -0.830. The minimum atomic E-state index is 0.105. The smallest absolute Gasteiger partial charge is 0.243 e. The average molecular weight is 194 g/mol. The maximum Gasteiger partial charge on any atom is 0.243 e. The Morgan fingerprint density at radius 1 is 1.43 bits per heavy atom. The predicted molar refractivity (Wildman–Crippen MR) is 55.9 cm³/mol. The highest BCUT2D eigenvalue weighted by molar-refractivity contribution is 5.88. The van der Waals surface area contributed by atoms with E-state index in [1.54, 1.807) is 6.08 Å². The maximum absolute atomic E-state index is 11.4. The lowest BCUT2D eigenvalue weighted by Gasteiger charge is -2.14. The SMILES string of the molecule is O=C(C=C1CCNCC1)NCC1CC1. The van der Waals surface area contributed by atoms with Crippen LogP contribution >= 0.6 is 0 Å². The summed E-state index contributed by atoms with van der Waals surface area (Å²) in [5, 5.41) is 6.23. The van der Waals surface area contributed by atoms with E-state index in [0.717, 1.165) is 38.4 Å². The van der Waals surface area contributed by atoms with E-state index >= 15 is 0 Å². The number of hydrogen-bond donors (Lipinski definition) is 2. The molecule has 1 heterocycles. The van der Waals surface area contributed by atoms with Crippen LogP contribution in [0.5, 0.6) is 0 Å². The van der Waals surface area contributed by atoms with E-state index < -0.39 is 0 Å². The fraction of sp³-hybridized carbons (Fsp3) is 0.727. The summed E-state index contributed by atoms with van der Waals surface area (Å²) in [4.78, 5) is 11.4. The molecule has 0 bridgehead atoms. The van der Waals surface area contributed by atoms with Gasteiger partial charge in [0.2, 0.25) is 5.91 Å². The number of rotatable bonds is 3. The van der Waals surface area contributed by atoms with Crippen molar-refractivity contribution in [1.29, 1.82) is 0 Å². The molecular weight excluding hydrogens is 176 g/mol. The average Bonchev–Trinajstić information content (AvgIpc) is 3.00. The Balaban J connectivity index is 1.72. The first-order valence-corrected chi connectivity index (χ1v) is 5.52. The summed E-state index contributed by atoms with van der Waals surface area (Å²) in [5.74, 6) is 0.874. The molecule has 0 unspecified atom stereocenters. The summed E-state index contributed by atoms with van der Waals surface area (Å²) >= 11 is 0. The van der Waals surface area contributed by atoms with Crippen LogP contribution in [0.4, 0.5) is 0 Å². The van der Waals surface area contributed by atoms with E-state index in [1.807, 2.05) is 0 Å². The quantitative estimate of drug-likeness (QED) is 0.653. The molecule has 3 heteroatoms. The Bertz CT molecular complexity index is 236. The second-order valence-electron chi connectivity index (χ2n) is 4.24. The molecule has 2 N–H and O–H groups in total. The fourth-order valence-electron chi connectivity index (χ4n) is 1.70. The number of hydrogen-bond acceptors (Lipinski definition) is 2. The Kier molecular flexibility index (Phi) is 3.19. The fourth-order valence-corrected chi connectivity index (χ4v) is 1.70. The van der Waals surface area contributed by atoms with Gasteiger partial charge in [-0.1, -0.05) is 5.57 Å². The number of carbonyl (C=O) groups is 1. The van der Waals surface area contributed by atoms with Crippen molar-refractivity contribution < 1.29 is 4.79 Å². The van der Waals surface area contributed by atoms with E-state index in [9.17, 15) is 4.79 Å². The van der Waals surface area contributed by atoms with Crippen LogP contribution in [0, 0.1) is 5.92 Å². The zero-order valence-electron chi connectivity index (χ0n) is 8.51. The molecule has 1 amide bonds. The van der Waals surface area contributed by atoms with Crippen molar-refractivity contribution in [1.82, 2.24) is 10.6 Å². The molecule has 1 saturated heterocycles. The van der Waals surface area contributed by atoms with Crippen LogP contribution in [0.25, 0.3) is 0 Å². The van der Waals surface area contributed by atoms with Gasteiger partial charge in [0.1, 0.15) is 0 Å². The van der Waals surface area contributed by atoms with Gasteiger partial charge < -0.3 is 10.6 Å². The first-order chi connectivity index (χ1) is 6.84. The highest BCUT2D eigenvalue weighted by Crippen LogP contribution is 2.27. The largest absolute Gasteiger partial charge is 0.352 e. The molecule has 1 aliphatic heterocycles. The number of piperidine rings is 1. The molecule has 2 rings (SSSR count). The molecule has 0 aromatic carbocycles. The van der Waals surface area contributed by atoms with Gasteiger partial charge in [-0.25, -0.2) is 0 Å². The second-order valence-corrected chi connectivity index (χ2v) is 4.24. The van der Waals surface area contributed by atoms with Gasteiger partial charge in [0, 0.05) is 12.6 Å². The van der Waals surface area contributed by atoms with Gasteiger partial charge in [-0.2, -0.15) is 0 Å². The first-order valence-electron chi connectivity index (χ1n) is 5.52. The van der Waals surface area contributed by atoms with Gasteiger partial charge in [-0.15, -0.1) is 0 Å². The van der Waals surface area contributed by atoms with Crippen LogP contribution in [-0.2, 0) is 4.79 Å². The zero-order chi connectivity index (χ0) is 9.80. The summed E-state index contributed by atoms with van der Waals surface area (Å²) in [7, 11) is 0. The standard InChI is InChI=1S/C11H18N2O/c14-11(13-8-10-1-2-10)7-9-3-5-12-6-4-9/h7,10,12H,1-6,8H2,(H,13,14). The summed E-state index contributed by atoms with van der Waals surface area (Å²) in [6, 6.07) is 0.